The fourth-order valence-electron chi connectivity index (χ4n) is 1.05. The fraction of sp³-hybridized carbons (Fsp3) is 0.667. The second-order valence-electron chi connectivity index (χ2n) is 3.03. The Hall–Kier alpha value is -0.870. The van der Waals surface area contributed by atoms with Gasteiger partial charge in [0.1, 0.15) is 6.26 Å². The van der Waals surface area contributed by atoms with E-state index in [1.54, 1.807) is 20.3 Å². The molecule has 4 nitrogen and oxygen atoms in total. The summed E-state index contributed by atoms with van der Waals surface area (Å²) in [6.07, 6.45) is 2.42. The summed E-state index contributed by atoms with van der Waals surface area (Å²) in [7, 11) is 1.64. The summed E-state index contributed by atoms with van der Waals surface area (Å²) in [5.74, 6) is 0.664. The number of aliphatic hydroxyl groups excluding tert-OH is 1. The van der Waals surface area contributed by atoms with Gasteiger partial charge in [-0.25, -0.2) is 4.98 Å². The molecule has 0 saturated heterocycles. The number of oxazole rings is 1. The highest BCUT2D eigenvalue weighted by molar-refractivity contribution is 4.97. The zero-order chi connectivity index (χ0) is 9.68. The first-order valence-corrected chi connectivity index (χ1v) is 4.32. The fourth-order valence-corrected chi connectivity index (χ4v) is 1.05. The van der Waals surface area contributed by atoms with Crippen molar-refractivity contribution in [3.8, 4) is 0 Å². The molecule has 0 bridgehead atoms. The van der Waals surface area contributed by atoms with Gasteiger partial charge >= 0.3 is 0 Å². The minimum absolute atomic E-state index is 0.375. The first-order valence-electron chi connectivity index (χ1n) is 4.32. The van der Waals surface area contributed by atoms with Gasteiger partial charge in [0.15, 0.2) is 5.89 Å². The third-order valence-electron chi connectivity index (χ3n) is 1.62. The van der Waals surface area contributed by atoms with Crippen molar-refractivity contribution in [2.45, 2.75) is 25.9 Å². The van der Waals surface area contributed by atoms with E-state index in [0.29, 0.717) is 25.3 Å². The van der Waals surface area contributed by atoms with Crippen LogP contribution in [-0.2, 0) is 17.6 Å². The zero-order valence-electron chi connectivity index (χ0n) is 7.99. The molecule has 0 aliphatic heterocycles. The van der Waals surface area contributed by atoms with E-state index in [4.69, 9.17) is 14.3 Å². The van der Waals surface area contributed by atoms with Crippen molar-refractivity contribution in [2.24, 2.45) is 0 Å². The molecule has 0 radical (unpaired) electrons. The van der Waals surface area contributed by atoms with E-state index in [1.807, 2.05) is 0 Å². The summed E-state index contributed by atoms with van der Waals surface area (Å²) in [4.78, 5) is 4.18. The summed E-state index contributed by atoms with van der Waals surface area (Å²) >= 11 is 0. The van der Waals surface area contributed by atoms with Gasteiger partial charge < -0.3 is 14.3 Å². The van der Waals surface area contributed by atoms with E-state index in [2.05, 4.69) is 4.98 Å². The van der Waals surface area contributed by atoms with Crippen molar-refractivity contribution in [2.75, 3.05) is 13.7 Å². The number of hydrogen-bond acceptors (Lipinski definition) is 4. The quantitative estimate of drug-likeness (QED) is 0.736. The number of nitrogens with zero attached hydrogens (tertiary/aromatic N) is 1. The van der Waals surface area contributed by atoms with Crippen LogP contribution in [0.15, 0.2) is 10.7 Å². The third-order valence-corrected chi connectivity index (χ3v) is 1.62. The van der Waals surface area contributed by atoms with Gasteiger partial charge in [-0.2, -0.15) is 0 Å². The van der Waals surface area contributed by atoms with Gasteiger partial charge in [-0.15, -0.1) is 0 Å². The van der Waals surface area contributed by atoms with Crippen molar-refractivity contribution in [3.63, 3.8) is 0 Å². The zero-order valence-corrected chi connectivity index (χ0v) is 7.99. The van der Waals surface area contributed by atoms with Crippen LogP contribution in [0.5, 0.6) is 0 Å². The van der Waals surface area contributed by atoms with E-state index >= 15 is 0 Å². The van der Waals surface area contributed by atoms with Crippen LogP contribution in [0.2, 0.25) is 0 Å². The number of rotatable bonds is 5. The largest absolute Gasteiger partial charge is 0.449 e. The SMILES string of the molecule is COCCc1nc(CC(C)O)co1. The normalized spacial score (nSPS) is 13.2. The molecule has 1 N–H and O–H groups in total. The highest BCUT2D eigenvalue weighted by Crippen LogP contribution is 2.05. The lowest BCUT2D eigenvalue weighted by Gasteiger charge is -1.97. The van der Waals surface area contributed by atoms with Crippen LogP contribution in [0, 0.1) is 0 Å². The van der Waals surface area contributed by atoms with Gasteiger partial charge in [-0.1, -0.05) is 0 Å². The van der Waals surface area contributed by atoms with E-state index in [0.717, 1.165) is 5.69 Å². The highest BCUT2D eigenvalue weighted by atomic mass is 16.5. The van der Waals surface area contributed by atoms with E-state index in [-0.39, 0.29) is 6.10 Å². The van der Waals surface area contributed by atoms with Crippen LogP contribution in [0.1, 0.15) is 18.5 Å². The number of methoxy groups -OCH3 is 1. The Kier molecular flexibility index (Phi) is 3.92. The molecule has 1 rings (SSSR count). The van der Waals surface area contributed by atoms with Crippen molar-refractivity contribution in [3.05, 3.63) is 17.8 Å². The summed E-state index contributed by atoms with van der Waals surface area (Å²) in [5.41, 5.74) is 0.793. The second kappa shape index (κ2) is 4.99. The van der Waals surface area contributed by atoms with Gasteiger partial charge in [0, 0.05) is 20.0 Å². The number of hydrogen-bond donors (Lipinski definition) is 1. The molecule has 1 heterocycles. The number of aromatic nitrogens is 1. The van der Waals surface area contributed by atoms with Gasteiger partial charge in [0.25, 0.3) is 0 Å². The molecular formula is C9H15NO3. The Balaban J connectivity index is 2.44. The van der Waals surface area contributed by atoms with Crippen molar-refractivity contribution in [1.82, 2.24) is 4.98 Å². The Labute approximate surface area is 77.5 Å². The minimum atomic E-state index is -0.375. The van der Waals surface area contributed by atoms with Crippen molar-refractivity contribution in [1.29, 1.82) is 0 Å². The van der Waals surface area contributed by atoms with Crippen LogP contribution in [-0.4, -0.2) is 29.9 Å². The molecular weight excluding hydrogens is 170 g/mol. The maximum Gasteiger partial charge on any atom is 0.196 e. The molecule has 13 heavy (non-hydrogen) atoms. The maximum atomic E-state index is 9.08. The van der Waals surface area contributed by atoms with Crippen LogP contribution in [0.25, 0.3) is 0 Å². The molecule has 0 aliphatic carbocycles. The Morgan fingerprint density at radius 1 is 1.69 bits per heavy atom. The van der Waals surface area contributed by atoms with Crippen LogP contribution in [0.4, 0.5) is 0 Å². The maximum absolute atomic E-state index is 9.08. The molecule has 1 unspecified atom stereocenters. The van der Waals surface area contributed by atoms with Gasteiger partial charge in [-0.3, -0.25) is 0 Å². The van der Waals surface area contributed by atoms with Gasteiger partial charge in [-0.05, 0) is 6.92 Å². The molecule has 0 aliphatic rings. The topological polar surface area (TPSA) is 55.5 Å². The molecule has 4 heteroatoms. The predicted molar refractivity (Wildman–Crippen MR) is 47.5 cm³/mol. The van der Waals surface area contributed by atoms with E-state index in [1.165, 1.54) is 0 Å². The van der Waals surface area contributed by atoms with E-state index < -0.39 is 0 Å². The first kappa shape index (κ1) is 10.2. The van der Waals surface area contributed by atoms with Crippen LogP contribution >= 0.6 is 0 Å². The van der Waals surface area contributed by atoms with Crippen LogP contribution in [0.3, 0.4) is 0 Å². The van der Waals surface area contributed by atoms with Crippen LogP contribution < -0.4 is 0 Å². The van der Waals surface area contributed by atoms with Gasteiger partial charge in [0.05, 0.1) is 18.4 Å². The molecule has 0 spiro atoms. The van der Waals surface area contributed by atoms with E-state index in [9.17, 15) is 0 Å². The summed E-state index contributed by atoms with van der Waals surface area (Å²) in [6.45, 7) is 2.33. The molecule has 0 saturated carbocycles. The van der Waals surface area contributed by atoms with Crippen molar-refractivity contribution >= 4 is 0 Å². The summed E-state index contributed by atoms with van der Waals surface area (Å²) in [6, 6.07) is 0. The molecule has 1 aromatic heterocycles. The summed E-state index contributed by atoms with van der Waals surface area (Å²) in [5, 5.41) is 9.08. The molecule has 1 aromatic rings. The lowest BCUT2D eigenvalue weighted by atomic mass is 10.2. The predicted octanol–water partition coefficient (Wildman–Crippen LogP) is 0.787. The first-order chi connectivity index (χ1) is 6.22. The lowest BCUT2D eigenvalue weighted by molar-refractivity contribution is 0.194. The average molecular weight is 185 g/mol. The Morgan fingerprint density at radius 2 is 2.46 bits per heavy atom. The lowest BCUT2D eigenvalue weighted by Crippen LogP contribution is -2.04. The number of ether oxygens (including phenoxy) is 1. The third kappa shape index (κ3) is 3.57. The summed E-state index contributed by atoms with van der Waals surface area (Å²) < 4.78 is 10.1. The monoisotopic (exact) mass is 185 g/mol. The second-order valence-corrected chi connectivity index (χ2v) is 3.03. The molecule has 1 atom stereocenters. The molecule has 0 fully saturated rings. The smallest absolute Gasteiger partial charge is 0.196 e. The number of aliphatic hydroxyl groups is 1. The highest BCUT2D eigenvalue weighted by Gasteiger charge is 2.05. The standard InChI is InChI=1S/C9H15NO3/c1-7(11)5-8-6-13-9(10-8)3-4-12-2/h6-7,11H,3-5H2,1-2H3. The molecule has 0 aromatic carbocycles. The van der Waals surface area contributed by atoms with Gasteiger partial charge in [0.2, 0.25) is 0 Å². The average Bonchev–Trinajstić information content (AvgIpc) is 2.48. The molecule has 74 valence electrons. The van der Waals surface area contributed by atoms with Crippen molar-refractivity contribution < 1.29 is 14.3 Å². The Morgan fingerprint density at radius 3 is 3.08 bits per heavy atom. The molecule has 0 amide bonds. The Bertz CT molecular complexity index is 245. The minimum Gasteiger partial charge on any atom is -0.449 e.